The number of carbonyl (C=O) groups is 2. The first kappa shape index (κ1) is 21.5. The van der Waals surface area contributed by atoms with Crippen molar-refractivity contribution in [2.75, 3.05) is 12.4 Å². The van der Waals surface area contributed by atoms with Gasteiger partial charge in [-0.1, -0.05) is 23.4 Å². The van der Waals surface area contributed by atoms with Crippen molar-refractivity contribution in [2.45, 2.75) is 23.6 Å². The lowest BCUT2D eigenvalue weighted by Crippen LogP contribution is -2.40. The Balaban J connectivity index is 1.71. The molecule has 1 aromatic carbocycles. The smallest absolute Gasteiger partial charge is 0.322 e. The summed E-state index contributed by atoms with van der Waals surface area (Å²) in [5.74, 6) is -3.88. The summed E-state index contributed by atoms with van der Waals surface area (Å²) in [6, 6.07) is 5.04. The number of pyridine rings is 1. The second kappa shape index (κ2) is 7.45. The van der Waals surface area contributed by atoms with Gasteiger partial charge in [-0.15, -0.1) is 0 Å². The molecule has 1 aliphatic heterocycles. The van der Waals surface area contributed by atoms with Gasteiger partial charge in [-0.05, 0) is 31.5 Å². The summed E-state index contributed by atoms with van der Waals surface area (Å²) in [7, 11) is 1.26. The Morgan fingerprint density at radius 2 is 2.10 bits per heavy atom. The number of halogens is 3. The van der Waals surface area contributed by atoms with Gasteiger partial charge in [0.1, 0.15) is 10.4 Å². The summed E-state index contributed by atoms with van der Waals surface area (Å²) >= 11 is 6.83. The monoisotopic (exact) mass is 466 g/mol. The van der Waals surface area contributed by atoms with Crippen molar-refractivity contribution in [1.82, 2.24) is 4.98 Å². The highest BCUT2D eigenvalue weighted by molar-refractivity contribution is 8.15. The quantitative estimate of drug-likeness (QED) is 0.668. The van der Waals surface area contributed by atoms with E-state index in [1.807, 2.05) is 0 Å². The molecule has 1 amide bonds. The van der Waals surface area contributed by atoms with Crippen molar-refractivity contribution in [2.24, 2.45) is 16.6 Å². The molecule has 162 valence electrons. The average molecular weight is 467 g/mol. The number of carbonyl (C=O) groups excluding carboxylic acids is 2. The number of nitrogens with two attached hydrogens (primary N) is 1. The number of amidine groups is 1. The highest BCUT2D eigenvalue weighted by Crippen LogP contribution is 2.66. The molecule has 1 fully saturated rings. The van der Waals surface area contributed by atoms with Crippen LogP contribution in [0.3, 0.4) is 0 Å². The van der Waals surface area contributed by atoms with E-state index in [-0.39, 0.29) is 22.1 Å². The average Bonchev–Trinajstić information content (AvgIpc) is 3.47. The van der Waals surface area contributed by atoms with E-state index in [0.717, 1.165) is 17.8 Å². The third kappa shape index (κ3) is 3.53. The fourth-order valence-corrected chi connectivity index (χ4v) is 5.46. The molecule has 11 heteroatoms. The lowest BCUT2D eigenvalue weighted by molar-refractivity contribution is -0.141. The van der Waals surface area contributed by atoms with Gasteiger partial charge >= 0.3 is 5.97 Å². The van der Waals surface area contributed by atoms with E-state index in [4.69, 9.17) is 22.1 Å². The van der Waals surface area contributed by atoms with Crippen LogP contribution in [-0.4, -0.2) is 33.9 Å². The van der Waals surface area contributed by atoms with Crippen LogP contribution in [0.4, 0.5) is 14.5 Å². The molecule has 1 saturated carbocycles. The van der Waals surface area contributed by atoms with Crippen LogP contribution in [0, 0.1) is 17.6 Å². The van der Waals surface area contributed by atoms with Crippen molar-refractivity contribution in [3.8, 4) is 0 Å². The summed E-state index contributed by atoms with van der Waals surface area (Å²) < 4.78 is 33.3. The number of methoxy groups -OCH3 is 1. The van der Waals surface area contributed by atoms with Gasteiger partial charge in [-0.25, -0.2) is 13.8 Å². The van der Waals surface area contributed by atoms with Gasteiger partial charge in [-0.3, -0.25) is 14.6 Å². The summed E-state index contributed by atoms with van der Waals surface area (Å²) in [4.78, 5) is 33.1. The van der Waals surface area contributed by atoms with Gasteiger partial charge in [0.15, 0.2) is 16.8 Å². The standard InChI is InChI=1S/C20H17ClF2N4O3S/c1-19(14-7-20(14,17(29)30-2)31-18(24)27-19)11-5-10(6-12(22)15(11)23)26-16(28)13-4-3-9(21)8-25-13/h3-6,8,14H,7H2,1-2H3,(H2,24,27)(H,26,28)/t14-,19+,20-/m0/s1. The molecule has 2 aromatic rings. The van der Waals surface area contributed by atoms with Crippen LogP contribution in [-0.2, 0) is 15.1 Å². The number of anilines is 1. The lowest BCUT2D eigenvalue weighted by atomic mass is 9.85. The number of hydrogen-bond donors (Lipinski definition) is 2. The van der Waals surface area contributed by atoms with Crippen molar-refractivity contribution in [3.05, 3.63) is 58.4 Å². The number of aromatic nitrogens is 1. The van der Waals surface area contributed by atoms with Crippen molar-refractivity contribution >= 4 is 46.1 Å². The molecule has 1 aliphatic carbocycles. The normalized spacial score (nSPS) is 26.5. The minimum atomic E-state index is -1.33. The van der Waals surface area contributed by atoms with Gasteiger partial charge in [0.2, 0.25) is 0 Å². The van der Waals surface area contributed by atoms with Crippen LogP contribution < -0.4 is 11.1 Å². The number of esters is 1. The summed E-state index contributed by atoms with van der Waals surface area (Å²) in [5, 5.41) is 2.92. The van der Waals surface area contributed by atoms with Crippen LogP contribution in [0.5, 0.6) is 0 Å². The molecule has 1 aromatic heterocycles. The maximum Gasteiger partial charge on any atom is 0.322 e. The van der Waals surface area contributed by atoms with Crippen LogP contribution in [0.1, 0.15) is 29.4 Å². The lowest BCUT2D eigenvalue weighted by Gasteiger charge is -2.33. The van der Waals surface area contributed by atoms with Crippen LogP contribution in [0.25, 0.3) is 0 Å². The Morgan fingerprint density at radius 1 is 1.35 bits per heavy atom. The molecule has 7 nitrogen and oxygen atoms in total. The van der Waals surface area contributed by atoms with Gasteiger partial charge in [0.25, 0.3) is 5.91 Å². The van der Waals surface area contributed by atoms with Crippen molar-refractivity contribution < 1.29 is 23.1 Å². The topological polar surface area (TPSA) is 107 Å². The molecule has 2 heterocycles. The molecular weight excluding hydrogens is 450 g/mol. The largest absolute Gasteiger partial charge is 0.468 e. The molecule has 0 spiro atoms. The minimum Gasteiger partial charge on any atom is -0.468 e. The minimum absolute atomic E-state index is 0.00758. The summed E-state index contributed by atoms with van der Waals surface area (Å²) in [6.45, 7) is 1.58. The zero-order chi connectivity index (χ0) is 22.6. The van der Waals surface area contributed by atoms with E-state index in [1.54, 1.807) is 6.92 Å². The number of ether oxygens (including phenoxy) is 1. The van der Waals surface area contributed by atoms with Crippen LogP contribution in [0.15, 0.2) is 35.5 Å². The van der Waals surface area contributed by atoms with Gasteiger partial charge in [0.05, 0.1) is 17.7 Å². The van der Waals surface area contributed by atoms with Gasteiger partial charge < -0.3 is 15.8 Å². The predicted molar refractivity (Wildman–Crippen MR) is 113 cm³/mol. The number of nitrogens with one attached hydrogen (secondary N) is 1. The molecule has 0 unspecified atom stereocenters. The Hall–Kier alpha value is -2.72. The zero-order valence-electron chi connectivity index (χ0n) is 16.4. The molecule has 4 rings (SSSR count). The fourth-order valence-electron chi connectivity index (χ4n) is 3.95. The Bertz CT molecular complexity index is 1130. The number of rotatable bonds is 4. The number of thioether (sulfide) groups is 1. The SMILES string of the molecule is COC(=O)[C@]12C[C@H]1[C@@](C)(c1cc(NC(=O)c3ccc(Cl)cn3)cc(F)c1F)N=C(N)S2. The van der Waals surface area contributed by atoms with Crippen LogP contribution in [0.2, 0.25) is 5.02 Å². The highest BCUT2D eigenvalue weighted by Gasteiger charge is 2.71. The van der Waals surface area contributed by atoms with Gasteiger partial charge in [-0.2, -0.15) is 0 Å². The van der Waals surface area contributed by atoms with E-state index in [9.17, 15) is 18.4 Å². The molecule has 3 N–H and O–H groups in total. The summed E-state index contributed by atoms with van der Waals surface area (Å²) in [5.41, 5.74) is 4.55. The third-order valence-electron chi connectivity index (χ3n) is 5.54. The molecule has 0 saturated heterocycles. The van der Waals surface area contributed by atoms with Crippen molar-refractivity contribution in [3.63, 3.8) is 0 Å². The fraction of sp³-hybridized carbons (Fsp3) is 0.300. The highest BCUT2D eigenvalue weighted by atomic mass is 35.5. The Morgan fingerprint density at radius 3 is 2.74 bits per heavy atom. The summed E-state index contributed by atoms with van der Waals surface area (Å²) in [6.07, 6.45) is 1.64. The van der Waals surface area contributed by atoms with E-state index in [2.05, 4.69) is 15.3 Å². The zero-order valence-corrected chi connectivity index (χ0v) is 18.0. The van der Waals surface area contributed by atoms with Gasteiger partial charge in [0, 0.05) is 29.4 Å². The number of fused-ring (bicyclic) bond motifs is 1. The number of aliphatic imine (C=N–C) groups is 1. The Labute approximate surface area is 185 Å². The van der Waals surface area contributed by atoms with E-state index in [0.29, 0.717) is 11.4 Å². The number of hydrogen-bond acceptors (Lipinski definition) is 7. The molecule has 0 bridgehead atoms. The molecule has 31 heavy (non-hydrogen) atoms. The molecule has 0 radical (unpaired) electrons. The number of benzene rings is 1. The first-order valence-corrected chi connectivity index (χ1v) is 10.4. The maximum atomic E-state index is 14.9. The molecule has 3 atom stereocenters. The van der Waals surface area contributed by atoms with E-state index in [1.165, 1.54) is 31.5 Å². The number of amides is 1. The van der Waals surface area contributed by atoms with Crippen molar-refractivity contribution in [1.29, 1.82) is 0 Å². The first-order chi connectivity index (χ1) is 14.6. The number of nitrogens with zero attached hydrogens (tertiary/aromatic N) is 2. The van der Waals surface area contributed by atoms with E-state index < -0.39 is 39.7 Å². The third-order valence-corrected chi connectivity index (χ3v) is 7.05. The van der Waals surface area contributed by atoms with E-state index >= 15 is 0 Å². The Kier molecular flexibility index (Phi) is 5.17. The maximum absolute atomic E-state index is 14.9. The molecule has 2 aliphatic rings. The second-order valence-electron chi connectivity index (χ2n) is 7.47. The predicted octanol–water partition coefficient (Wildman–Crippen LogP) is 3.47. The van der Waals surface area contributed by atoms with Crippen LogP contribution >= 0.6 is 23.4 Å². The first-order valence-electron chi connectivity index (χ1n) is 9.16. The second-order valence-corrected chi connectivity index (χ2v) is 9.26. The molecular formula is C20H17ClF2N4O3S.